The summed E-state index contributed by atoms with van der Waals surface area (Å²) in [6, 6.07) is 5.37. The van der Waals surface area contributed by atoms with Crippen LogP contribution in [-0.4, -0.2) is 9.85 Å². The van der Waals surface area contributed by atoms with Gasteiger partial charge < -0.3 is 0 Å². The Morgan fingerprint density at radius 3 is 1.48 bits per heavy atom. The molecule has 0 radical (unpaired) electrons. The fourth-order valence-electron chi connectivity index (χ4n) is 2.00. The Bertz CT molecular complexity index is 769. The van der Waals surface area contributed by atoms with Gasteiger partial charge in [0.1, 0.15) is 11.6 Å². The molecule has 0 N–H and O–H groups in total. The average molecular weight is 393 g/mol. The zero-order valence-corrected chi connectivity index (χ0v) is 13.6. The summed E-state index contributed by atoms with van der Waals surface area (Å²) in [5.74, 6) is -1.49. The first-order valence-corrected chi connectivity index (χ1v) is 7.28. The molecule has 0 spiro atoms. The Morgan fingerprint density at radius 1 is 0.840 bits per heavy atom. The summed E-state index contributed by atoms with van der Waals surface area (Å²) < 4.78 is 31.2. The van der Waals surface area contributed by atoms with E-state index in [-0.39, 0.29) is 21.2 Å². The van der Waals surface area contributed by atoms with Gasteiger partial charge in [-0.25, -0.2) is 13.5 Å². The average Bonchev–Trinajstić information content (AvgIpc) is 2.50. The van der Waals surface area contributed by atoms with E-state index in [1.165, 1.54) is 0 Å². The summed E-state index contributed by atoms with van der Waals surface area (Å²) in [6.07, 6.45) is -4.13. The molecule has 0 heterocycles. The lowest BCUT2D eigenvalue weighted by Crippen LogP contribution is -2.23. The molecule has 0 saturated heterocycles. The second kappa shape index (κ2) is 7.68. The maximum Gasteiger partial charge on any atom is 0.348 e. The smallest absolute Gasteiger partial charge is 0.262 e. The third kappa shape index (κ3) is 4.38. The first-order chi connectivity index (χ1) is 11.7. The molecular weight excluding hydrogens is 385 g/mol. The summed E-state index contributed by atoms with van der Waals surface area (Å²) in [5.41, 5.74) is -0.559. The number of benzene rings is 2. The van der Waals surface area contributed by atoms with Gasteiger partial charge in [0.15, 0.2) is 0 Å². The van der Waals surface area contributed by atoms with E-state index in [1.54, 1.807) is 0 Å². The zero-order chi connectivity index (χ0) is 18.7. The monoisotopic (exact) mass is 392 g/mol. The Hall–Kier alpha value is -2.36. The topological polar surface area (TPSA) is 95.5 Å². The van der Waals surface area contributed by atoms with Gasteiger partial charge >= 0.3 is 12.5 Å². The van der Waals surface area contributed by atoms with Crippen LogP contribution in [-0.2, 0) is 4.74 Å². The molecule has 2 aromatic carbocycles. The number of halogens is 4. The molecule has 132 valence electrons. The van der Waals surface area contributed by atoms with Gasteiger partial charge in [-0.1, -0.05) is 23.2 Å². The quantitative estimate of drug-likeness (QED) is 0.408. The molecule has 2 unspecified atom stereocenters. The highest BCUT2D eigenvalue weighted by molar-refractivity contribution is 6.31. The van der Waals surface area contributed by atoms with Crippen molar-refractivity contribution in [2.24, 2.45) is 0 Å². The van der Waals surface area contributed by atoms with E-state index in [4.69, 9.17) is 27.9 Å². The molecule has 0 aromatic heterocycles. The van der Waals surface area contributed by atoms with Gasteiger partial charge in [0.25, 0.3) is 0 Å². The van der Waals surface area contributed by atoms with E-state index in [0.717, 1.165) is 36.4 Å². The lowest BCUT2D eigenvalue weighted by atomic mass is 10.1. The van der Waals surface area contributed by atoms with Crippen LogP contribution in [0, 0.1) is 31.9 Å². The predicted molar refractivity (Wildman–Crippen MR) is 83.4 cm³/mol. The second-order valence-corrected chi connectivity index (χ2v) is 5.56. The summed E-state index contributed by atoms with van der Waals surface area (Å²) >= 11 is 11.5. The molecule has 0 aliphatic rings. The molecule has 2 atom stereocenters. The van der Waals surface area contributed by atoms with Crippen LogP contribution < -0.4 is 0 Å². The standard InChI is InChI=1S/C14H8Cl2F2N2O5/c15-11-5-7(17)1-3-9(11)13(19(21)22)25-14(20(23)24)10-4-2-8(18)6-12(10)16/h1-6,13-14H. The molecule has 0 aliphatic carbocycles. The second-order valence-electron chi connectivity index (χ2n) is 4.74. The fourth-order valence-corrected chi connectivity index (χ4v) is 2.52. The third-order valence-corrected chi connectivity index (χ3v) is 3.75. The number of hydrogen-bond donors (Lipinski definition) is 0. The van der Waals surface area contributed by atoms with Gasteiger partial charge in [-0.2, -0.15) is 0 Å². The van der Waals surface area contributed by atoms with Gasteiger partial charge in [-0.15, -0.1) is 0 Å². The third-order valence-electron chi connectivity index (χ3n) is 3.10. The number of ether oxygens (including phenoxy) is 1. The van der Waals surface area contributed by atoms with Crippen LogP contribution in [0.1, 0.15) is 23.6 Å². The van der Waals surface area contributed by atoms with Crippen molar-refractivity contribution in [2.75, 3.05) is 0 Å². The van der Waals surface area contributed by atoms with Crippen LogP contribution in [0.3, 0.4) is 0 Å². The van der Waals surface area contributed by atoms with Crippen LogP contribution in [0.4, 0.5) is 8.78 Å². The van der Waals surface area contributed by atoms with Crippen molar-refractivity contribution in [3.8, 4) is 0 Å². The molecule has 0 bridgehead atoms. The Labute approximate surface area is 149 Å². The van der Waals surface area contributed by atoms with Gasteiger partial charge in [-0.05, 0) is 36.4 Å². The molecule has 0 saturated carbocycles. The highest BCUT2D eigenvalue weighted by Crippen LogP contribution is 2.34. The molecule has 25 heavy (non-hydrogen) atoms. The number of hydrogen-bond acceptors (Lipinski definition) is 5. The normalized spacial score (nSPS) is 13.3. The molecule has 2 rings (SSSR count). The van der Waals surface area contributed by atoms with E-state index < -0.39 is 33.9 Å². The van der Waals surface area contributed by atoms with Crippen LogP contribution >= 0.6 is 23.2 Å². The van der Waals surface area contributed by atoms with Crippen LogP contribution in [0.15, 0.2) is 36.4 Å². The summed E-state index contributed by atoms with van der Waals surface area (Å²) in [4.78, 5) is 20.6. The molecule has 0 amide bonds. The summed E-state index contributed by atoms with van der Waals surface area (Å²) in [6.45, 7) is 0. The highest BCUT2D eigenvalue weighted by Gasteiger charge is 2.37. The Morgan fingerprint density at radius 2 is 1.20 bits per heavy atom. The zero-order valence-electron chi connectivity index (χ0n) is 12.1. The van der Waals surface area contributed by atoms with Crippen molar-refractivity contribution in [3.63, 3.8) is 0 Å². The van der Waals surface area contributed by atoms with E-state index in [0.29, 0.717) is 0 Å². The van der Waals surface area contributed by atoms with Gasteiger partial charge in [0.05, 0.1) is 31.0 Å². The van der Waals surface area contributed by atoms with Gasteiger partial charge in [0.2, 0.25) is 0 Å². The molecular formula is C14H8Cl2F2N2O5. The van der Waals surface area contributed by atoms with Crippen LogP contribution in [0.25, 0.3) is 0 Å². The van der Waals surface area contributed by atoms with Crippen LogP contribution in [0.2, 0.25) is 10.0 Å². The van der Waals surface area contributed by atoms with Crippen LogP contribution in [0.5, 0.6) is 0 Å². The van der Waals surface area contributed by atoms with Crippen molar-refractivity contribution >= 4 is 23.2 Å². The molecule has 7 nitrogen and oxygen atoms in total. The molecule has 11 heteroatoms. The fraction of sp³-hybridized carbons (Fsp3) is 0.143. The first-order valence-electron chi connectivity index (χ1n) is 6.53. The van der Waals surface area contributed by atoms with E-state index in [9.17, 15) is 29.0 Å². The van der Waals surface area contributed by atoms with E-state index in [2.05, 4.69) is 0 Å². The lowest BCUT2D eigenvalue weighted by Gasteiger charge is -2.16. The minimum Gasteiger partial charge on any atom is -0.262 e. The van der Waals surface area contributed by atoms with E-state index in [1.807, 2.05) is 0 Å². The van der Waals surface area contributed by atoms with Crippen molar-refractivity contribution in [2.45, 2.75) is 12.5 Å². The van der Waals surface area contributed by atoms with Crippen molar-refractivity contribution in [1.29, 1.82) is 0 Å². The maximum atomic E-state index is 13.1. The predicted octanol–water partition coefficient (Wildman–Crippen LogP) is 4.54. The van der Waals surface area contributed by atoms with Crippen molar-refractivity contribution in [1.82, 2.24) is 0 Å². The molecule has 2 aromatic rings. The first kappa shape index (κ1) is 19.0. The van der Waals surface area contributed by atoms with E-state index >= 15 is 0 Å². The minimum absolute atomic E-state index is 0.279. The highest BCUT2D eigenvalue weighted by atomic mass is 35.5. The molecule has 0 aliphatic heterocycles. The van der Waals surface area contributed by atoms with Crippen molar-refractivity contribution < 1.29 is 23.4 Å². The lowest BCUT2D eigenvalue weighted by molar-refractivity contribution is -0.657. The van der Waals surface area contributed by atoms with Gasteiger partial charge in [-0.3, -0.25) is 20.2 Å². The SMILES string of the molecule is O=[N+]([O-])C(OC(c1ccc(F)cc1Cl)[N+](=O)[O-])c1ccc(F)cc1Cl. The summed E-state index contributed by atoms with van der Waals surface area (Å²) in [5, 5.41) is 21.9. The summed E-state index contributed by atoms with van der Waals surface area (Å²) in [7, 11) is 0. The maximum absolute atomic E-state index is 13.1. The van der Waals surface area contributed by atoms with Gasteiger partial charge in [0, 0.05) is 0 Å². The Kier molecular flexibility index (Phi) is 5.83. The number of nitro groups is 2. The Balaban J connectivity index is 2.44. The minimum atomic E-state index is -2.07. The number of rotatable bonds is 6. The molecule has 0 fully saturated rings. The number of nitrogens with zero attached hydrogens (tertiary/aromatic N) is 2. The van der Waals surface area contributed by atoms with Crippen molar-refractivity contribution in [3.05, 3.63) is 89.4 Å². The largest absolute Gasteiger partial charge is 0.348 e.